The first-order chi connectivity index (χ1) is 14.8. The number of aromatic amines is 1. The van der Waals surface area contributed by atoms with Crippen molar-refractivity contribution in [3.05, 3.63) is 49.1 Å². The van der Waals surface area contributed by atoms with Crippen LogP contribution in [0, 0.1) is 0 Å². The average Bonchev–Trinajstić information content (AvgIpc) is 3.07. The van der Waals surface area contributed by atoms with Crippen molar-refractivity contribution < 1.29 is 14.6 Å². The highest BCUT2D eigenvalue weighted by molar-refractivity contribution is 6.35. The van der Waals surface area contributed by atoms with Crippen LogP contribution in [0.1, 0.15) is 6.42 Å². The zero-order chi connectivity index (χ0) is 22.5. The van der Waals surface area contributed by atoms with Gasteiger partial charge in [-0.1, -0.05) is 23.2 Å². The minimum atomic E-state index is -1.000. The molecule has 1 atom stereocenters. The van der Waals surface area contributed by atoms with Gasteiger partial charge < -0.3 is 24.5 Å². The molecule has 0 fully saturated rings. The van der Waals surface area contributed by atoms with Gasteiger partial charge in [-0.3, -0.25) is 14.3 Å². The SMILES string of the molecule is COCCCNc1nc2c(c(=O)[nH]c(=O)n2C)n1CC(O)COc1ccc(Cl)cc1Cl. The van der Waals surface area contributed by atoms with Crippen molar-refractivity contribution in [1.82, 2.24) is 19.1 Å². The van der Waals surface area contributed by atoms with E-state index in [0.717, 1.165) is 0 Å². The van der Waals surface area contributed by atoms with Crippen molar-refractivity contribution in [1.29, 1.82) is 0 Å². The van der Waals surface area contributed by atoms with E-state index >= 15 is 0 Å². The van der Waals surface area contributed by atoms with Crippen LogP contribution in [-0.4, -0.2) is 57.2 Å². The molecule has 0 saturated carbocycles. The molecule has 0 aliphatic carbocycles. The third kappa shape index (κ3) is 5.40. The van der Waals surface area contributed by atoms with Crippen molar-refractivity contribution >= 4 is 40.3 Å². The molecule has 0 spiro atoms. The summed E-state index contributed by atoms with van der Waals surface area (Å²) in [5.74, 6) is 0.722. The Morgan fingerprint density at radius 3 is 2.81 bits per heavy atom. The summed E-state index contributed by atoms with van der Waals surface area (Å²) in [4.78, 5) is 31.1. The van der Waals surface area contributed by atoms with Gasteiger partial charge in [0.15, 0.2) is 11.2 Å². The number of methoxy groups -OCH3 is 1. The number of H-pyrrole nitrogens is 1. The van der Waals surface area contributed by atoms with Crippen LogP contribution in [0.25, 0.3) is 11.2 Å². The monoisotopic (exact) mass is 471 g/mol. The second-order valence-corrected chi connectivity index (χ2v) is 7.69. The van der Waals surface area contributed by atoms with Gasteiger partial charge in [-0.25, -0.2) is 4.79 Å². The van der Waals surface area contributed by atoms with Gasteiger partial charge in [0.2, 0.25) is 5.95 Å². The lowest BCUT2D eigenvalue weighted by Crippen LogP contribution is -2.31. The Hall–Kier alpha value is -2.53. The second-order valence-electron chi connectivity index (χ2n) is 6.85. The lowest BCUT2D eigenvalue weighted by molar-refractivity contribution is 0.0938. The van der Waals surface area contributed by atoms with Gasteiger partial charge in [0.25, 0.3) is 5.56 Å². The summed E-state index contributed by atoms with van der Waals surface area (Å²) in [6.07, 6.45) is -0.296. The van der Waals surface area contributed by atoms with Crippen LogP contribution in [0.4, 0.5) is 5.95 Å². The molecule has 3 aromatic rings. The Kier molecular flexibility index (Phi) is 7.60. The Labute approximate surface area is 187 Å². The summed E-state index contributed by atoms with van der Waals surface area (Å²) in [7, 11) is 3.11. The smallest absolute Gasteiger partial charge is 0.329 e. The van der Waals surface area contributed by atoms with Gasteiger partial charge in [0, 0.05) is 32.3 Å². The summed E-state index contributed by atoms with van der Waals surface area (Å²) in [6.45, 7) is 0.976. The molecule has 0 radical (unpaired) electrons. The first-order valence-electron chi connectivity index (χ1n) is 9.50. The highest BCUT2D eigenvalue weighted by atomic mass is 35.5. The average molecular weight is 472 g/mol. The van der Waals surface area contributed by atoms with Gasteiger partial charge in [-0.15, -0.1) is 0 Å². The van der Waals surface area contributed by atoms with Crippen molar-refractivity contribution in [3.63, 3.8) is 0 Å². The standard InChI is InChI=1S/C19H23Cl2N5O5/c1-25-16-15(17(28)24-19(25)29)26(18(23-16)22-6-3-7-30-2)9-12(27)10-31-14-5-4-11(20)8-13(14)21/h4-5,8,12,27H,3,6-7,9-10H2,1-2H3,(H,22,23)(H,24,28,29). The first kappa shape index (κ1) is 23.1. The van der Waals surface area contributed by atoms with Crippen molar-refractivity contribution in [2.75, 3.05) is 32.2 Å². The minimum Gasteiger partial charge on any atom is -0.489 e. The van der Waals surface area contributed by atoms with Crippen LogP contribution in [0.15, 0.2) is 27.8 Å². The molecule has 0 aliphatic heterocycles. The van der Waals surface area contributed by atoms with Crippen LogP contribution in [0.2, 0.25) is 10.0 Å². The minimum absolute atomic E-state index is 0.00436. The molecule has 3 N–H and O–H groups in total. The Balaban J connectivity index is 1.85. The predicted molar refractivity (Wildman–Crippen MR) is 119 cm³/mol. The highest BCUT2D eigenvalue weighted by Gasteiger charge is 2.20. The lowest BCUT2D eigenvalue weighted by atomic mass is 10.3. The summed E-state index contributed by atoms with van der Waals surface area (Å²) < 4.78 is 13.4. The maximum absolute atomic E-state index is 12.5. The third-order valence-electron chi connectivity index (χ3n) is 4.53. The molecule has 0 saturated heterocycles. The molecule has 2 aromatic heterocycles. The van der Waals surface area contributed by atoms with Crippen LogP contribution < -0.4 is 21.3 Å². The predicted octanol–water partition coefficient (Wildman–Crippen LogP) is 1.62. The van der Waals surface area contributed by atoms with E-state index in [9.17, 15) is 14.7 Å². The molecule has 1 unspecified atom stereocenters. The molecule has 2 heterocycles. The van der Waals surface area contributed by atoms with E-state index in [1.54, 1.807) is 19.2 Å². The van der Waals surface area contributed by atoms with Gasteiger partial charge in [-0.2, -0.15) is 4.98 Å². The van der Waals surface area contributed by atoms with Crippen molar-refractivity contribution in [3.8, 4) is 5.75 Å². The number of aromatic nitrogens is 4. The van der Waals surface area contributed by atoms with Gasteiger partial charge in [-0.05, 0) is 24.6 Å². The van der Waals surface area contributed by atoms with Gasteiger partial charge in [0.1, 0.15) is 18.5 Å². The first-order valence-corrected chi connectivity index (χ1v) is 10.3. The van der Waals surface area contributed by atoms with E-state index in [2.05, 4.69) is 15.3 Å². The number of aryl methyl sites for hydroxylation is 1. The quantitative estimate of drug-likeness (QED) is 0.383. The number of imidazole rings is 1. The molecule has 168 valence electrons. The Morgan fingerprint density at radius 2 is 2.10 bits per heavy atom. The summed E-state index contributed by atoms with van der Waals surface area (Å²) >= 11 is 12.0. The number of halogens is 2. The molecule has 0 bridgehead atoms. The molecular weight excluding hydrogens is 449 g/mol. The van der Waals surface area contributed by atoms with Crippen LogP contribution in [0.5, 0.6) is 5.75 Å². The zero-order valence-corrected chi connectivity index (χ0v) is 18.5. The highest BCUT2D eigenvalue weighted by Crippen LogP contribution is 2.27. The molecule has 10 nitrogen and oxygen atoms in total. The van der Waals surface area contributed by atoms with Gasteiger partial charge >= 0.3 is 5.69 Å². The fourth-order valence-corrected chi connectivity index (χ4v) is 3.47. The fourth-order valence-electron chi connectivity index (χ4n) is 3.01. The summed E-state index contributed by atoms with van der Waals surface area (Å²) in [5.41, 5.74) is -0.796. The lowest BCUT2D eigenvalue weighted by Gasteiger charge is -2.16. The van der Waals surface area contributed by atoms with Crippen molar-refractivity contribution in [2.24, 2.45) is 7.05 Å². The summed E-state index contributed by atoms with van der Waals surface area (Å²) in [5, 5.41) is 14.5. The Bertz CT molecular complexity index is 1170. The molecule has 12 heteroatoms. The maximum atomic E-state index is 12.5. The van der Waals surface area contributed by atoms with Gasteiger partial charge in [0.05, 0.1) is 11.6 Å². The topological polar surface area (TPSA) is 123 Å². The molecule has 0 aliphatic rings. The normalized spacial score (nSPS) is 12.3. The molecule has 31 heavy (non-hydrogen) atoms. The molecular formula is C19H23Cl2N5O5. The third-order valence-corrected chi connectivity index (χ3v) is 5.06. The Morgan fingerprint density at radius 1 is 1.32 bits per heavy atom. The van der Waals surface area contributed by atoms with Crippen LogP contribution in [0.3, 0.4) is 0 Å². The van der Waals surface area contributed by atoms with Crippen LogP contribution >= 0.6 is 23.2 Å². The fraction of sp³-hybridized carbons (Fsp3) is 0.421. The second kappa shape index (κ2) is 10.2. The number of hydrogen-bond acceptors (Lipinski definition) is 7. The van der Waals surface area contributed by atoms with Crippen molar-refractivity contribution in [2.45, 2.75) is 19.1 Å². The number of nitrogens with zero attached hydrogens (tertiary/aromatic N) is 3. The maximum Gasteiger partial charge on any atom is 0.329 e. The zero-order valence-electron chi connectivity index (χ0n) is 17.0. The molecule has 1 aromatic carbocycles. The number of aliphatic hydroxyl groups is 1. The largest absolute Gasteiger partial charge is 0.489 e. The van der Waals surface area contributed by atoms with E-state index in [0.29, 0.717) is 41.3 Å². The number of fused-ring (bicyclic) bond motifs is 1. The number of anilines is 1. The number of ether oxygens (including phenoxy) is 2. The van der Waals surface area contributed by atoms with E-state index in [1.165, 1.54) is 22.2 Å². The summed E-state index contributed by atoms with van der Waals surface area (Å²) in [6, 6.07) is 4.77. The molecule has 3 rings (SSSR count). The number of nitrogens with one attached hydrogen (secondary N) is 2. The van der Waals surface area contributed by atoms with E-state index < -0.39 is 17.4 Å². The van der Waals surface area contributed by atoms with E-state index in [1.807, 2.05) is 0 Å². The number of benzene rings is 1. The van der Waals surface area contributed by atoms with E-state index in [4.69, 9.17) is 32.7 Å². The number of rotatable bonds is 10. The molecule has 0 amide bonds. The van der Waals surface area contributed by atoms with E-state index in [-0.39, 0.29) is 24.3 Å². The van der Waals surface area contributed by atoms with Crippen LogP contribution in [-0.2, 0) is 18.3 Å². The number of aliphatic hydroxyl groups excluding tert-OH is 1. The number of hydrogen-bond donors (Lipinski definition) is 3.